The first kappa shape index (κ1) is 12.5. The van der Waals surface area contributed by atoms with Crippen LogP contribution in [0.1, 0.15) is 45.4 Å². The summed E-state index contributed by atoms with van der Waals surface area (Å²) in [6.45, 7) is 9.28. The summed E-state index contributed by atoms with van der Waals surface area (Å²) in [6, 6.07) is 5.92. The first-order valence-electron chi connectivity index (χ1n) is 5.64. The van der Waals surface area contributed by atoms with E-state index in [4.69, 9.17) is 5.26 Å². The van der Waals surface area contributed by atoms with Crippen molar-refractivity contribution in [3.05, 3.63) is 23.4 Å². The van der Waals surface area contributed by atoms with Crippen LogP contribution in [0, 0.1) is 11.3 Å². The first-order valence-corrected chi connectivity index (χ1v) is 5.64. The minimum absolute atomic E-state index is 0.0105. The molecular formula is C13H19N3. The Labute approximate surface area is 97.5 Å². The second-order valence-electron chi connectivity index (χ2n) is 4.88. The molecule has 1 rings (SSSR count). The standard InChI is InChI=1S/C13H19N3/c1-5-8-15-12-10(9-14)6-7-11(16-12)13(2,3)4/h6-7H,5,8H2,1-4H3,(H,15,16). The zero-order valence-corrected chi connectivity index (χ0v) is 10.5. The predicted octanol–water partition coefficient (Wildman–Crippen LogP) is 3.07. The molecule has 0 aliphatic carbocycles. The lowest BCUT2D eigenvalue weighted by Crippen LogP contribution is -2.15. The van der Waals surface area contributed by atoms with Crippen molar-refractivity contribution in [2.24, 2.45) is 0 Å². The molecule has 3 heteroatoms. The van der Waals surface area contributed by atoms with Crippen LogP contribution in [0.2, 0.25) is 0 Å². The third-order valence-corrected chi connectivity index (χ3v) is 2.33. The highest BCUT2D eigenvalue weighted by Gasteiger charge is 2.17. The summed E-state index contributed by atoms with van der Waals surface area (Å²) in [6.07, 6.45) is 1.02. The molecule has 0 saturated heterocycles. The molecule has 0 aromatic carbocycles. The molecule has 0 atom stereocenters. The van der Waals surface area contributed by atoms with Crippen molar-refractivity contribution < 1.29 is 0 Å². The van der Waals surface area contributed by atoms with E-state index in [0.29, 0.717) is 11.4 Å². The lowest BCUT2D eigenvalue weighted by atomic mass is 9.91. The zero-order valence-electron chi connectivity index (χ0n) is 10.5. The van der Waals surface area contributed by atoms with Gasteiger partial charge in [-0.25, -0.2) is 4.98 Å². The third kappa shape index (κ3) is 2.96. The molecule has 0 aliphatic heterocycles. The molecule has 0 radical (unpaired) electrons. The monoisotopic (exact) mass is 217 g/mol. The highest BCUT2D eigenvalue weighted by Crippen LogP contribution is 2.23. The van der Waals surface area contributed by atoms with Crippen molar-refractivity contribution in [3.63, 3.8) is 0 Å². The quantitative estimate of drug-likeness (QED) is 0.846. The van der Waals surface area contributed by atoms with Crippen LogP contribution >= 0.6 is 0 Å². The SMILES string of the molecule is CCCNc1nc(C(C)(C)C)ccc1C#N. The largest absolute Gasteiger partial charge is 0.369 e. The van der Waals surface area contributed by atoms with Crippen molar-refractivity contribution in [2.45, 2.75) is 39.5 Å². The first-order chi connectivity index (χ1) is 7.49. The Morgan fingerprint density at radius 1 is 1.38 bits per heavy atom. The zero-order chi connectivity index (χ0) is 12.2. The van der Waals surface area contributed by atoms with Gasteiger partial charge in [-0.3, -0.25) is 0 Å². The van der Waals surface area contributed by atoms with Gasteiger partial charge in [0.1, 0.15) is 11.9 Å². The number of rotatable bonds is 3. The minimum atomic E-state index is 0.0105. The van der Waals surface area contributed by atoms with E-state index in [1.807, 2.05) is 12.1 Å². The summed E-state index contributed by atoms with van der Waals surface area (Å²) >= 11 is 0. The molecule has 0 bridgehead atoms. The Morgan fingerprint density at radius 2 is 2.06 bits per heavy atom. The van der Waals surface area contributed by atoms with Gasteiger partial charge in [0.2, 0.25) is 0 Å². The van der Waals surface area contributed by atoms with E-state index >= 15 is 0 Å². The van der Waals surface area contributed by atoms with E-state index in [1.165, 1.54) is 0 Å². The van der Waals surface area contributed by atoms with Crippen LogP contribution in [0.5, 0.6) is 0 Å². The van der Waals surface area contributed by atoms with Crippen LogP contribution in [-0.2, 0) is 5.41 Å². The minimum Gasteiger partial charge on any atom is -0.369 e. The van der Waals surface area contributed by atoms with E-state index in [9.17, 15) is 0 Å². The number of nitrogens with one attached hydrogen (secondary N) is 1. The number of hydrogen-bond acceptors (Lipinski definition) is 3. The molecule has 0 saturated carbocycles. The molecule has 0 unspecified atom stereocenters. The van der Waals surface area contributed by atoms with Crippen molar-refractivity contribution >= 4 is 5.82 Å². The Morgan fingerprint density at radius 3 is 2.56 bits per heavy atom. The van der Waals surface area contributed by atoms with E-state index in [1.54, 1.807) is 0 Å². The Balaban J connectivity index is 3.07. The summed E-state index contributed by atoms with van der Waals surface area (Å²) < 4.78 is 0. The van der Waals surface area contributed by atoms with E-state index < -0.39 is 0 Å². The van der Waals surface area contributed by atoms with Gasteiger partial charge in [0.25, 0.3) is 0 Å². The molecule has 1 aromatic rings. The molecule has 86 valence electrons. The van der Waals surface area contributed by atoms with Crippen LogP contribution in [0.4, 0.5) is 5.82 Å². The predicted molar refractivity (Wildman–Crippen MR) is 66.4 cm³/mol. The lowest BCUT2D eigenvalue weighted by molar-refractivity contribution is 0.569. The van der Waals surface area contributed by atoms with Gasteiger partial charge >= 0.3 is 0 Å². The topological polar surface area (TPSA) is 48.7 Å². The number of nitriles is 1. The summed E-state index contributed by atoms with van der Waals surface area (Å²) in [5, 5.41) is 12.2. The van der Waals surface area contributed by atoms with Crippen LogP contribution in [0.15, 0.2) is 12.1 Å². The molecule has 1 aromatic heterocycles. The van der Waals surface area contributed by atoms with Crippen LogP contribution in [0.3, 0.4) is 0 Å². The highest BCUT2D eigenvalue weighted by atomic mass is 15.0. The van der Waals surface area contributed by atoms with Crippen LogP contribution < -0.4 is 5.32 Å². The fraction of sp³-hybridized carbons (Fsp3) is 0.538. The highest BCUT2D eigenvalue weighted by molar-refractivity contribution is 5.52. The summed E-state index contributed by atoms with van der Waals surface area (Å²) in [5.74, 6) is 0.705. The molecule has 16 heavy (non-hydrogen) atoms. The smallest absolute Gasteiger partial charge is 0.144 e. The second-order valence-corrected chi connectivity index (χ2v) is 4.88. The van der Waals surface area contributed by atoms with Gasteiger partial charge in [-0.05, 0) is 18.6 Å². The molecule has 1 heterocycles. The van der Waals surface area contributed by atoms with E-state index in [0.717, 1.165) is 18.7 Å². The fourth-order valence-corrected chi connectivity index (χ4v) is 1.35. The second kappa shape index (κ2) is 4.98. The van der Waals surface area contributed by atoms with Gasteiger partial charge in [0, 0.05) is 17.7 Å². The van der Waals surface area contributed by atoms with Crippen molar-refractivity contribution in [2.75, 3.05) is 11.9 Å². The molecular weight excluding hydrogens is 198 g/mol. The number of hydrogen-bond donors (Lipinski definition) is 1. The maximum atomic E-state index is 8.98. The average Bonchev–Trinajstić information content (AvgIpc) is 2.24. The molecule has 0 amide bonds. The molecule has 0 fully saturated rings. The molecule has 1 N–H and O–H groups in total. The van der Waals surface area contributed by atoms with Gasteiger partial charge < -0.3 is 5.32 Å². The Kier molecular flexibility index (Phi) is 3.89. The number of pyridine rings is 1. The summed E-state index contributed by atoms with van der Waals surface area (Å²) in [4.78, 5) is 4.52. The third-order valence-electron chi connectivity index (χ3n) is 2.33. The maximum Gasteiger partial charge on any atom is 0.144 e. The molecule has 3 nitrogen and oxygen atoms in total. The summed E-state index contributed by atoms with van der Waals surface area (Å²) in [7, 11) is 0. The molecule has 0 aliphatic rings. The van der Waals surface area contributed by atoms with Gasteiger partial charge in [-0.2, -0.15) is 5.26 Å². The van der Waals surface area contributed by atoms with E-state index in [-0.39, 0.29) is 5.41 Å². The number of aromatic nitrogens is 1. The fourth-order valence-electron chi connectivity index (χ4n) is 1.35. The van der Waals surface area contributed by atoms with Crippen molar-refractivity contribution in [1.82, 2.24) is 4.98 Å². The van der Waals surface area contributed by atoms with Gasteiger partial charge in [0.15, 0.2) is 0 Å². The lowest BCUT2D eigenvalue weighted by Gasteiger charge is -2.19. The van der Waals surface area contributed by atoms with Gasteiger partial charge in [-0.1, -0.05) is 27.7 Å². The van der Waals surface area contributed by atoms with E-state index in [2.05, 4.69) is 44.1 Å². The summed E-state index contributed by atoms with van der Waals surface area (Å²) in [5.41, 5.74) is 1.63. The maximum absolute atomic E-state index is 8.98. The average molecular weight is 217 g/mol. The number of nitrogens with zero attached hydrogens (tertiary/aromatic N) is 2. The Hall–Kier alpha value is -1.56. The van der Waals surface area contributed by atoms with Crippen LogP contribution in [-0.4, -0.2) is 11.5 Å². The molecule has 0 spiro atoms. The Bertz CT molecular complexity index is 397. The van der Waals surface area contributed by atoms with Crippen LogP contribution in [0.25, 0.3) is 0 Å². The van der Waals surface area contributed by atoms with Gasteiger partial charge in [0.05, 0.1) is 5.56 Å². The van der Waals surface area contributed by atoms with Gasteiger partial charge in [-0.15, -0.1) is 0 Å². The number of anilines is 1. The van der Waals surface area contributed by atoms with Crippen molar-refractivity contribution in [1.29, 1.82) is 5.26 Å². The normalized spacial score (nSPS) is 10.9. The van der Waals surface area contributed by atoms with Crippen molar-refractivity contribution in [3.8, 4) is 6.07 Å².